The average molecular weight is 398 g/mol. The van der Waals surface area contributed by atoms with Gasteiger partial charge in [-0.15, -0.1) is 0 Å². The Morgan fingerprint density at radius 1 is 0.962 bits per heavy atom. The van der Waals surface area contributed by atoms with Crippen molar-refractivity contribution in [3.8, 4) is 0 Å². The van der Waals surface area contributed by atoms with Gasteiger partial charge in [0.15, 0.2) is 0 Å². The second-order valence-electron chi connectivity index (χ2n) is 5.21. The highest BCUT2D eigenvalue weighted by molar-refractivity contribution is 7.92. The van der Waals surface area contributed by atoms with Gasteiger partial charge in [-0.3, -0.25) is 4.72 Å². The number of pyridine rings is 1. The molecule has 142 valence electrons. The summed E-state index contributed by atoms with van der Waals surface area (Å²) in [6.07, 6.45) is -9.84. The third-order valence-electron chi connectivity index (χ3n) is 3.28. The van der Waals surface area contributed by atoms with Crippen LogP contribution in [0.1, 0.15) is 23.7 Å². The topological polar surface area (TPSA) is 59.1 Å². The Kier molecular flexibility index (Phi) is 5.22. The third-order valence-corrected chi connectivity index (χ3v) is 4.61. The molecule has 2 aromatic rings. The summed E-state index contributed by atoms with van der Waals surface area (Å²) in [5, 5.41) is 0. The molecule has 0 saturated carbocycles. The van der Waals surface area contributed by atoms with Gasteiger partial charge in [-0.1, -0.05) is 13.0 Å². The van der Waals surface area contributed by atoms with Gasteiger partial charge in [-0.05, 0) is 36.8 Å². The number of aryl methyl sites for hydroxylation is 1. The zero-order valence-corrected chi connectivity index (χ0v) is 13.9. The predicted molar refractivity (Wildman–Crippen MR) is 80.9 cm³/mol. The number of benzene rings is 1. The van der Waals surface area contributed by atoms with Crippen LogP contribution < -0.4 is 4.72 Å². The van der Waals surface area contributed by atoms with E-state index in [-0.39, 0.29) is 24.0 Å². The normalized spacial score (nSPS) is 12.9. The molecular formula is C15H12F6N2O2S. The van der Waals surface area contributed by atoms with Gasteiger partial charge in [0.25, 0.3) is 10.0 Å². The number of hydrogen-bond donors (Lipinski definition) is 1. The summed E-state index contributed by atoms with van der Waals surface area (Å²) >= 11 is 0. The van der Waals surface area contributed by atoms with Crippen molar-refractivity contribution >= 4 is 15.8 Å². The van der Waals surface area contributed by atoms with E-state index in [2.05, 4.69) is 4.98 Å². The van der Waals surface area contributed by atoms with Crippen LogP contribution in [-0.2, 0) is 28.8 Å². The van der Waals surface area contributed by atoms with Crippen LogP contribution in [0.3, 0.4) is 0 Å². The van der Waals surface area contributed by atoms with E-state index in [0.717, 1.165) is 0 Å². The van der Waals surface area contributed by atoms with E-state index >= 15 is 0 Å². The number of aromatic nitrogens is 1. The molecule has 0 amide bonds. The van der Waals surface area contributed by atoms with Crippen molar-refractivity contribution in [2.24, 2.45) is 0 Å². The number of anilines is 1. The molecule has 0 unspecified atom stereocenters. The SMILES string of the molecule is CCc1cccc(NS(=O)(=O)c2cc(C(F)(F)F)cc(C(F)(F)F)c2)n1. The van der Waals surface area contributed by atoms with Gasteiger partial charge in [-0.25, -0.2) is 13.4 Å². The Bertz CT molecular complexity index is 875. The molecule has 0 aliphatic heterocycles. The van der Waals surface area contributed by atoms with Crippen LogP contribution in [-0.4, -0.2) is 13.4 Å². The molecule has 0 spiro atoms. The first kappa shape index (κ1) is 20.0. The second kappa shape index (κ2) is 6.78. The van der Waals surface area contributed by atoms with Crippen LogP contribution in [0, 0.1) is 0 Å². The third kappa shape index (κ3) is 4.65. The molecule has 11 heteroatoms. The molecule has 2 rings (SSSR count). The van der Waals surface area contributed by atoms with Crippen LogP contribution in [0.5, 0.6) is 0 Å². The number of rotatable bonds is 4. The summed E-state index contributed by atoms with van der Waals surface area (Å²) in [5.74, 6) is -0.213. The lowest BCUT2D eigenvalue weighted by molar-refractivity contribution is -0.143. The van der Waals surface area contributed by atoms with Crippen LogP contribution in [0.15, 0.2) is 41.3 Å². The van der Waals surface area contributed by atoms with Gasteiger partial charge in [0, 0.05) is 5.69 Å². The summed E-state index contributed by atoms with van der Waals surface area (Å²) in [6.45, 7) is 1.74. The van der Waals surface area contributed by atoms with Crippen molar-refractivity contribution in [2.75, 3.05) is 4.72 Å². The molecule has 1 N–H and O–H groups in total. The Morgan fingerprint density at radius 3 is 1.96 bits per heavy atom. The van der Waals surface area contributed by atoms with Crippen molar-refractivity contribution in [1.82, 2.24) is 4.98 Å². The summed E-state index contributed by atoms with van der Waals surface area (Å²) in [5.41, 5.74) is -2.95. The smallest absolute Gasteiger partial charge is 0.263 e. The lowest BCUT2D eigenvalue weighted by Gasteiger charge is -2.15. The molecule has 0 bridgehead atoms. The first-order valence-corrected chi connectivity index (χ1v) is 8.59. The van der Waals surface area contributed by atoms with Crippen LogP contribution in [0.4, 0.5) is 32.2 Å². The number of hydrogen-bond acceptors (Lipinski definition) is 3. The van der Waals surface area contributed by atoms with Gasteiger partial charge in [0.2, 0.25) is 0 Å². The average Bonchev–Trinajstić information content (AvgIpc) is 2.52. The monoisotopic (exact) mass is 398 g/mol. The van der Waals surface area contributed by atoms with Crippen molar-refractivity contribution in [1.29, 1.82) is 0 Å². The Hall–Kier alpha value is -2.30. The molecule has 26 heavy (non-hydrogen) atoms. The number of nitrogens with one attached hydrogen (secondary N) is 1. The molecule has 1 aromatic carbocycles. The first-order chi connectivity index (χ1) is 11.8. The van der Waals surface area contributed by atoms with Crippen LogP contribution in [0.25, 0.3) is 0 Å². The van der Waals surface area contributed by atoms with E-state index in [0.29, 0.717) is 12.1 Å². The lowest BCUT2D eigenvalue weighted by atomic mass is 10.1. The van der Waals surface area contributed by atoms with E-state index in [1.807, 2.05) is 4.72 Å². The standard InChI is InChI=1S/C15H12F6N2O2S/c1-2-11-4-3-5-13(22-11)23-26(24,25)12-7-9(14(16,17)18)6-10(8-12)15(19,20)21/h3-8H,2H2,1H3,(H,22,23). The van der Waals surface area contributed by atoms with Crippen LogP contribution in [0.2, 0.25) is 0 Å². The first-order valence-electron chi connectivity index (χ1n) is 7.11. The highest BCUT2D eigenvalue weighted by Gasteiger charge is 2.38. The summed E-state index contributed by atoms with van der Waals surface area (Å²) in [6, 6.07) is 4.41. The molecular weight excluding hydrogens is 386 g/mol. The quantitative estimate of drug-likeness (QED) is 0.773. The predicted octanol–water partition coefficient (Wildman–Crippen LogP) is 4.48. The second-order valence-corrected chi connectivity index (χ2v) is 6.90. The van der Waals surface area contributed by atoms with Crippen molar-refractivity contribution < 1.29 is 34.8 Å². The van der Waals surface area contributed by atoms with E-state index in [1.165, 1.54) is 12.1 Å². The zero-order chi connectivity index (χ0) is 19.8. The molecule has 0 aliphatic carbocycles. The lowest BCUT2D eigenvalue weighted by Crippen LogP contribution is -2.18. The minimum atomic E-state index is -5.15. The molecule has 0 saturated heterocycles. The maximum atomic E-state index is 12.9. The van der Waals surface area contributed by atoms with Gasteiger partial charge >= 0.3 is 12.4 Å². The number of nitrogens with zero attached hydrogens (tertiary/aromatic N) is 1. The van der Waals surface area contributed by atoms with Gasteiger partial charge in [0.05, 0.1) is 16.0 Å². The van der Waals surface area contributed by atoms with Gasteiger partial charge < -0.3 is 0 Å². The molecule has 0 atom stereocenters. The summed E-state index contributed by atoms with van der Waals surface area (Å²) in [7, 11) is -4.72. The Balaban J connectivity index is 2.54. The van der Waals surface area contributed by atoms with Crippen LogP contribution >= 0.6 is 0 Å². The molecule has 0 radical (unpaired) electrons. The molecule has 1 heterocycles. The molecule has 0 aliphatic rings. The maximum Gasteiger partial charge on any atom is 0.416 e. The van der Waals surface area contributed by atoms with E-state index < -0.39 is 38.4 Å². The highest BCUT2D eigenvalue weighted by atomic mass is 32.2. The zero-order valence-electron chi connectivity index (χ0n) is 13.1. The fraction of sp³-hybridized carbons (Fsp3) is 0.267. The van der Waals surface area contributed by atoms with E-state index in [1.54, 1.807) is 13.0 Å². The molecule has 0 fully saturated rings. The molecule has 1 aromatic heterocycles. The summed E-state index contributed by atoms with van der Waals surface area (Å²) < 4.78 is 104. The van der Waals surface area contributed by atoms with Gasteiger partial charge in [0.1, 0.15) is 5.82 Å². The highest BCUT2D eigenvalue weighted by Crippen LogP contribution is 2.37. The molecule has 4 nitrogen and oxygen atoms in total. The largest absolute Gasteiger partial charge is 0.416 e. The maximum absolute atomic E-state index is 12.9. The fourth-order valence-electron chi connectivity index (χ4n) is 2.01. The number of alkyl halides is 6. The summed E-state index contributed by atoms with van der Waals surface area (Å²) in [4.78, 5) is 2.75. The number of sulfonamides is 1. The Labute approximate surface area is 144 Å². The van der Waals surface area contributed by atoms with E-state index in [4.69, 9.17) is 0 Å². The minimum absolute atomic E-state index is 0.140. The van der Waals surface area contributed by atoms with E-state index in [9.17, 15) is 34.8 Å². The minimum Gasteiger partial charge on any atom is -0.263 e. The van der Waals surface area contributed by atoms with Gasteiger partial charge in [-0.2, -0.15) is 26.3 Å². The number of halogens is 6. The van der Waals surface area contributed by atoms with Crippen molar-refractivity contribution in [2.45, 2.75) is 30.6 Å². The van der Waals surface area contributed by atoms with Crippen molar-refractivity contribution in [3.05, 3.63) is 53.2 Å². The van der Waals surface area contributed by atoms with Crippen molar-refractivity contribution in [3.63, 3.8) is 0 Å². The fourth-order valence-corrected chi connectivity index (χ4v) is 3.08. The Morgan fingerprint density at radius 2 is 1.50 bits per heavy atom.